The molecule has 0 atom stereocenters. The van der Waals surface area contributed by atoms with Gasteiger partial charge in [0.15, 0.2) is 5.11 Å². The molecule has 0 aliphatic heterocycles. The van der Waals surface area contributed by atoms with Crippen molar-refractivity contribution in [2.24, 2.45) is 0 Å². The molecular formula is C23H30ClN3O3S. The van der Waals surface area contributed by atoms with Crippen molar-refractivity contribution in [1.29, 1.82) is 0 Å². The number of nitrogens with one attached hydrogen (secondary N) is 2. The van der Waals surface area contributed by atoms with Gasteiger partial charge in [0.1, 0.15) is 11.5 Å². The predicted molar refractivity (Wildman–Crippen MR) is 131 cm³/mol. The van der Waals surface area contributed by atoms with Crippen molar-refractivity contribution in [3.05, 3.63) is 59.7 Å². The summed E-state index contributed by atoms with van der Waals surface area (Å²) in [5.74, 6) is 0.530. The molecule has 0 spiro atoms. The Morgan fingerprint density at radius 3 is 2.42 bits per heavy atom. The van der Waals surface area contributed by atoms with Gasteiger partial charge in [0, 0.05) is 24.1 Å². The molecule has 168 valence electrons. The molecule has 6 nitrogen and oxygen atoms in total. The van der Waals surface area contributed by atoms with Crippen molar-refractivity contribution >= 4 is 47.1 Å². The standard InChI is InChI=1S/C23H29N3O3S.ClH/c1-26(2)14-5-4-8-20(27)15-17-10-12-19(13-11-17)24-23(30)25-22(28)18-7-6-9-21(16-18)29-3;/h6-7,9-13,16H,4-5,8,14-15H2,1-3H3,(H2,24,25,28,30);1H. The van der Waals surface area contributed by atoms with Gasteiger partial charge in [-0.25, -0.2) is 0 Å². The Morgan fingerprint density at radius 1 is 1.06 bits per heavy atom. The van der Waals surface area contributed by atoms with Crippen LogP contribution in [0.5, 0.6) is 5.75 Å². The minimum Gasteiger partial charge on any atom is -0.497 e. The van der Waals surface area contributed by atoms with Gasteiger partial charge < -0.3 is 15.0 Å². The summed E-state index contributed by atoms with van der Waals surface area (Å²) in [5, 5.41) is 5.83. The molecule has 2 aromatic rings. The average molecular weight is 464 g/mol. The maximum absolute atomic E-state index is 12.3. The molecule has 0 bridgehead atoms. The normalized spacial score (nSPS) is 10.2. The fourth-order valence-electron chi connectivity index (χ4n) is 2.87. The van der Waals surface area contributed by atoms with Crippen LogP contribution < -0.4 is 15.4 Å². The van der Waals surface area contributed by atoms with Crippen LogP contribution >= 0.6 is 24.6 Å². The molecule has 0 aliphatic carbocycles. The van der Waals surface area contributed by atoms with Gasteiger partial charge in [-0.05, 0) is 81.6 Å². The molecule has 2 aromatic carbocycles. The van der Waals surface area contributed by atoms with E-state index in [1.54, 1.807) is 31.4 Å². The molecule has 0 saturated heterocycles. The first kappa shape index (κ1) is 26.6. The molecule has 0 aromatic heterocycles. The molecule has 1 amide bonds. The first-order valence-electron chi connectivity index (χ1n) is 9.89. The van der Waals surface area contributed by atoms with Crippen LogP contribution in [0.1, 0.15) is 35.2 Å². The molecule has 0 unspecified atom stereocenters. The van der Waals surface area contributed by atoms with E-state index in [9.17, 15) is 9.59 Å². The van der Waals surface area contributed by atoms with Gasteiger partial charge >= 0.3 is 0 Å². The number of hydrogen-bond acceptors (Lipinski definition) is 5. The van der Waals surface area contributed by atoms with Gasteiger partial charge in [-0.3, -0.25) is 14.9 Å². The number of carbonyl (C=O) groups is 2. The highest BCUT2D eigenvalue weighted by molar-refractivity contribution is 7.80. The van der Waals surface area contributed by atoms with E-state index in [1.165, 1.54) is 0 Å². The molecule has 2 N–H and O–H groups in total. The number of carbonyl (C=O) groups excluding carboxylic acids is 2. The molecule has 0 fully saturated rings. The summed E-state index contributed by atoms with van der Waals surface area (Å²) in [5.41, 5.74) is 2.16. The van der Waals surface area contributed by atoms with E-state index in [1.807, 2.05) is 38.4 Å². The lowest BCUT2D eigenvalue weighted by molar-refractivity contribution is -0.118. The first-order valence-corrected chi connectivity index (χ1v) is 10.3. The fraction of sp³-hybridized carbons (Fsp3) is 0.348. The first-order chi connectivity index (χ1) is 14.4. The average Bonchev–Trinajstić information content (AvgIpc) is 2.72. The van der Waals surface area contributed by atoms with Crippen LogP contribution in [0.25, 0.3) is 0 Å². The molecule has 31 heavy (non-hydrogen) atoms. The number of unbranched alkanes of at least 4 members (excludes halogenated alkanes) is 1. The van der Waals surface area contributed by atoms with Crippen molar-refractivity contribution in [1.82, 2.24) is 10.2 Å². The predicted octanol–water partition coefficient (Wildman–Crippen LogP) is 4.09. The van der Waals surface area contributed by atoms with Crippen molar-refractivity contribution < 1.29 is 14.3 Å². The number of amides is 1. The van der Waals surface area contributed by atoms with Crippen molar-refractivity contribution in [3.8, 4) is 5.75 Å². The Hall–Kier alpha value is -2.48. The van der Waals surface area contributed by atoms with Crippen LogP contribution in [0.15, 0.2) is 48.5 Å². The van der Waals surface area contributed by atoms with Crippen LogP contribution in [0, 0.1) is 0 Å². The molecule has 8 heteroatoms. The van der Waals surface area contributed by atoms with Crippen LogP contribution in [-0.4, -0.2) is 49.5 Å². The zero-order chi connectivity index (χ0) is 21.9. The van der Waals surface area contributed by atoms with Crippen molar-refractivity contribution in [3.63, 3.8) is 0 Å². The van der Waals surface area contributed by atoms with Gasteiger partial charge in [0.2, 0.25) is 0 Å². The number of rotatable bonds is 10. The summed E-state index contributed by atoms with van der Waals surface area (Å²) < 4.78 is 5.13. The number of hydrogen-bond donors (Lipinski definition) is 2. The van der Waals surface area contributed by atoms with E-state index >= 15 is 0 Å². The lowest BCUT2D eigenvalue weighted by Gasteiger charge is -2.11. The molecule has 0 saturated carbocycles. The smallest absolute Gasteiger partial charge is 0.257 e. The van der Waals surface area contributed by atoms with Gasteiger partial charge in [0.05, 0.1) is 7.11 Å². The Morgan fingerprint density at radius 2 is 1.77 bits per heavy atom. The molecule has 0 radical (unpaired) electrons. The summed E-state index contributed by atoms with van der Waals surface area (Å²) in [4.78, 5) is 26.5. The number of benzene rings is 2. The summed E-state index contributed by atoms with van der Waals surface area (Å²) in [7, 11) is 5.62. The summed E-state index contributed by atoms with van der Waals surface area (Å²) in [6, 6.07) is 14.3. The second kappa shape index (κ2) is 13.7. The number of thiocarbonyl (C=S) groups is 1. The SMILES string of the molecule is COc1cccc(C(=O)NC(=S)Nc2ccc(CC(=O)CCCCN(C)C)cc2)c1.Cl. The third-order valence-corrected chi connectivity index (χ3v) is 4.69. The zero-order valence-corrected chi connectivity index (χ0v) is 19.8. The van der Waals surface area contributed by atoms with Gasteiger partial charge in [0.25, 0.3) is 5.91 Å². The van der Waals surface area contributed by atoms with Gasteiger partial charge in [-0.2, -0.15) is 0 Å². The summed E-state index contributed by atoms with van der Waals surface area (Å²) in [6.07, 6.45) is 2.98. The van der Waals surface area contributed by atoms with Crippen LogP contribution in [0.3, 0.4) is 0 Å². The highest BCUT2D eigenvalue weighted by Crippen LogP contribution is 2.14. The Kier molecular flexibility index (Phi) is 11.8. The van der Waals surface area contributed by atoms with Crippen LogP contribution in [0.4, 0.5) is 5.69 Å². The minimum atomic E-state index is -0.317. The number of nitrogens with zero attached hydrogens (tertiary/aromatic N) is 1. The van der Waals surface area contributed by atoms with Crippen LogP contribution in [-0.2, 0) is 11.2 Å². The maximum atomic E-state index is 12.3. The number of halogens is 1. The Labute approximate surface area is 195 Å². The zero-order valence-electron chi connectivity index (χ0n) is 18.1. The van der Waals surface area contributed by atoms with Crippen molar-refractivity contribution in [2.75, 3.05) is 33.1 Å². The number of methoxy groups -OCH3 is 1. The van der Waals surface area contributed by atoms with Crippen molar-refractivity contribution in [2.45, 2.75) is 25.7 Å². The fourth-order valence-corrected chi connectivity index (χ4v) is 3.08. The molecule has 2 rings (SSSR count). The Bertz CT molecular complexity index is 873. The minimum absolute atomic E-state index is 0. The summed E-state index contributed by atoms with van der Waals surface area (Å²) in [6.45, 7) is 1.00. The van der Waals surface area contributed by atoms with E-state index in [4.69, 9.17) is 17.0 Å². The lowest BCUT2D eigenvalue weighted by atomic mass is 10.0. The van der Waals surface area contributed by atoms with E-state index in [0.29, 0.717) is 24.2 Å². The van der Waals surface area contributed by atoms with Crippen LogP contribution in [0.2, 0.25) is 0 Å². The van der Waals surface area contributed by atoms with E-state index < -0.39 is 0 Å². The quantitative estimate of drug-likeness (QED) is 0.408. The third-order valence-electron chi connectivity index (χ3n) is 4.48. The van der Waals surface area contributed by atoms with E-state index in [0.717, 1.165) is 30.6 Å². The second-order valence-corrected chi connectivity index (χ2v) is 7.72. The molecule has 0 aliphatic rings. The van der Waals surface area contributed by atoms with E-state index in [2.05, 4.69) is 15.5 Å². The number of ether oxygens (including phenoxy) is 1. The Balaban J connectivity index is 0.00000480. The number of Topliss-reactive ketones (excluding diaryl/α,β-unsaturated/α-hetero) is 1. The lowest BCUT2D eigenvalue weighted by Crippen LogP contribution is -2.34. The number of ketones is 1. The van der Waals surface area contributed by atoms with Gasteiger partial charge in [-0.15, -0.1) is 12.4 Å². The number of anilines is 1. The highest BCUT2D eigenvalue weighted by Gasteiger charge is 2.09. The largest absolute Gasteiger partial charge is 0.497 e. The maximum Gasteiger partial charge on any atom is 0.257 e. The van der Waals surface area contributed by atoms with E-state index in [-0.39, 0.29) is 29.2 Å². The second-order valence-electron chi connectivity index (χ2n) is 7.31. The third kappa shape index (κ3) is 9.91. The summed E-state index contributed by atoms with van der Waals surface area (Å²) >= 11 is 5.22. The topological polar surface area (TPSA) is 70.7 Å². The highest BCUT2D eigenvalue weighted by atomic mass is 35.5. The van der Waals surface area contributed by atoms with Gasteiger partial charge in [-0.1, -0.05) is 18.2 Å². The molecule has 0 heterocycles. The monoisotopic (exact) mass is 463 g/mol. The molecular weight excluding hydrogens is 434 g/mol.